The van der Waals surface area contributed by atoms with Crippen LogP contribution in [0.4, 0.5) is 0 Å². The first-order valence-electron chi connectivity index (χ1n) is 4.33. The SMILES string of the molecule is C=CC[C@H](C)C(=O)CP(=O)(OC)OC. The average Bonchev–Trinajstić information content (AvgIpc) is 2.18. The first-order valence-corrected chi connectivity index (χ1v) is 6.06. The summed E-state index contributed by atoms with van der Waals surface area (Å²) in [6.07, 6.45) is 2.06. The van der Waals surface area contributed by atoms with Crippen LogP contribution in [0.15, 0.2) is 12.7 Å². The molecule has 0 N–H and O–H groups in total. The Labute approximate surface area is 84.8 Å². The van der Waals surface area contributed by atoms with E-state index < -0.39 is 7.60 Å². The van der Waals surface area contributed by atoms with Crippen molar-refractivity contribution in [2.45, 2.75) is 13.3 Å². The molecule has 0 fully saturated rings. The second-order valence-corrected chi connectivity index (χ2v) is 5.29. The van der Waals surface area contributed by atoms with E-state index in [2.05, 4.69) is 15.6 Å². The molecule has 0 rings (SSSR count). The van der Waals surface area contributed by atoms with Gasteiger partial charge in [-0.1, -0.05) is 13.0 Å². The Balaban J connectivity index is 4.29. The van der Waals surface area contributed by atoms with Gasteiger partial charge >= 0.3 is 7.60 Å². The maximum atomic E-state index is 11.6. The summed E-state index contributed by atoms with van der Waals surface area (Å²) in [5.41, 5.74) is 0. The van der Waals surface area contributed by atoms with Gasteiger partial charge in [0.05, 0.1) is 0 Å². The number of carbonyl (C=O) groups excluding carboxylic acids is 1. The molecule has 82 valence electrons. The molecule has 0 aliphatic rings. The van der Waals surface area contributed by atoms with Gasteiger partial charge in [-0.15, -0.1) is 6.58 Å². The van der Waals surface area contributed by atoms with Crippen LogP contribution in [0.5, 0.6) is 0 Å². The third kappa shape index (κ3) is 4.18. The smallest absolute Gasteiger partial charge is 0.312 e. The van der Waals surface area contributed by atoms with E-state index in [1.807, 2.05) is 0 Å². The monoisotopic (exact) mass is 220 g/mol. The first kappa shape index (κ1) is 13.6. The molecular weight excluding hydrogens is 203 g/mol. The highest BCUT2D eigenvalue weighted by molar-refractivity contribution is 7.54. The van der Waals surface area contributed by atoms with E-state index in [1.54, 1.807) is 13.0 Å². The minimum atomic E-state index is -3.20. The van der Waals surface area contributed by atoms with Crippen LogP contribution >= 0.6 is 7.60 Å². The largest absolute Gasteiger partial charge is 0.337 e. The Morgan fingerprint density at radius 2 is 2.00 bits per heavy atom. The lowest BCUT2D eigenvalue weighted by atomic mass is 10.0. The highest BCUT2D eigenvalue weighted by Gasteiger charge is 2.27. The molecule has 0 heterocycles. The standard InChI is InChI=1S/C9H17O4P/c1-5-6-8(2)9(10)7-14(11,12-3)13-4/h5,8H,1,6-7H2,2-4H3/t8-/m0/s1. The molecular formula is C9H17O4P. The van der Waals surface area contributed by atoms with Crippen LogP contribution in [-0.2, 0) is 18.4 Å². The van der Waals surface area contributed by atoms with E-state index in [1.165, 1.54) is 14.2 Å². The molecule has 0 saturated heterocycles. The first-order chi connectivity index (χ1) is 6.49. The zero-order valence-electron chi connectivity index (χ0n) is 8.86. The number of Topliss-reactive ketones (excluding diaryl/α,β-unsaturated/α-hetero) is 1. The maximum Gasteiger partial charge on any atom is 0.337 e. The molecule has 5 heteroatoms. The number of allylic oxidation sites excluding steroid dienone is 1. The van der Waals surface area contributed by atoms with Gasteiger partial charge in [0, 0.05) is 20.1 Å². The molecule has 0 bridgehead atoms. The Hall–Kier alpha value is -0.440. The fourth-order valence-corrected chi connectivity index (χ4v) is 2.03. The quantitative estimate of drug-likeness (QED) is 0.487. The third-order valence-corrected chi connectivity index (χ3v) is 3.79. The van der Waals surface area contributed by atoms with Crippen molar-refractivity contribution < 1.29 is 18.4 Å². The summed E-state index contributed by atoms with van der Waals surface area (Å²) in [6.45, 7) is 5.30. The molecule has 0 aliphatic heterocycles. The van der Waals surface area contributed by atoms with Crippen molar-refractivity contribution in [2.75, 3.05) is 20.4 Å². The van der Waals surface area contributed by atoms with Gasteiger partial charge in [-0.3, -0.25) is 9.36 Å². The second kappa shape index (κ2) is 6.12. The number of ketones is 1. The van der Waals surface area contributed by atoms with E-state index in [4.69, 9.17) is 0 Å². The lowest BCUT2D eigenvalue weighted by Gasteiger charge is -2.14. The van der Waals surface area contributed by atoms with Crippen molar-refractivity contribution in [3.8, 4) is 0 Å². The molecule has 0 unspecified atom stereocenters. The van der Waals surface area contributed by atoms with E-state index in [0.29, 0.717) is 6.42 Å². The van der Waals surface area contributed by atoms with Crippen molar-refractivity contribution in [3.63, 3.8) is 0 Å². The van der Waals surface area contributed by atoms with Crippen LogP contribution in [0.2, 0.25) is 0 Å². The van der Waals surface area contributed by atoms with Gasteiger partial charge in [0.1, 0.15) is 11.9 Å². The minimum absolute atomic E-state index is 0.128. The summed E-state index contributed by atoms with van der Waals surface area (Å²) < 4.78 is 20.9. The Kier molecular flexibility index (Phi) is 5.93. The van der Waals surface area contributed by atoms with Gasteiger partial charge < -0.3 is 9.05 Å². The number of rotatable bonds is 7. The van der Waals surface area contributed by atoms with Gasteiger partial charge in [-0.2, -0.15) is 0 Å². The average molecular weight is 220 g/mol. The summed E-state index contributed by atoms with van der Waals surface area (Å²) in [7, 11) is -0.652. The van der Waals surface area contributed by atoms with Crippen LogP contribution in [0.1, 0.15) is 13.3 Å². The molecule has 4 nitrogen and oxygen atoms in total. The minimum Gasteiger partial charge on any atom is -0.312 e. The van der Waals surface area contributed by atoms with Crippen molar-refractivity contribution in [1.82, 2.24) is 0 Å². The van der Waals surface area contributed by atoms with Gasteiger partial charge in [-0.25, -0.2) is 0 Å². The van der Waals surface area contributed by atoms with Gasteiger partial charge in [0.25, 0.3) is 0 Å². The Morgan fingerprint density at radius 1 is 1.50 bits per heavy atom. The fourth-order valence-electron chi connectivity index (χ4n) is 0.932. The molecule has 0 aromatic rings. The fraction of sp³-hybridized carbons (Fsp3) is 0.667. The molecule has 0 radical (unpaired) electrons. The Morgan fingerprint density at radius 3 is 2.36 bits per heavy atom. The summed E-state index contributed by atoms with van der Waals surface area (Å²) in [6, 6.07) is 0. The van der Waals surface area contributed by atoms with E-state index in [-0.39, 0.29) is 17.9 Å². The van der Waals surface area contributed by atoms with E-state index >= 15 is 0 Å². The van der Waals surface area contributed by atoms with E-state index in [9.17, 15) is 9.36 Å². The topological polar surface area (TPSA) is 52.6 Å². The molecule has 0 saturated carbocycles. The van der Waals surface area contributed by atoms with Crippen LogP contribution in [0, 0.1) is 5.92 Å². The van der Waals surface area contributed by atoms with Gasteiger partial charge in [0.2, 0.25) is 0 Å². The predicted octanol–water partition coefficient (Wildman–Crippen LogP) is 2.25. The number of hydrogen-bond donors (Lipinski definition) is 0. The number of carbonyl (C=O) groups is 1. The van der Waals surface area contributed by atoms with Crippen molar-refractivity contribution in [2.24, 2.45) is 5.92 Å². The lowest BCUT2D eigenvalue weighted by Crippen LogP contribution is -2.16. The maximum absolute atomic E-state index is 11.6. The molecule has 0 aromatic heterocycles. The normalized spacial score (nSPS) is 13.6. The van der Waals surface area contributed by atoms with Crippen LogP contribution in [0.3, 0.4) is 0 Å². The van der Waals surface area contributed by atoms with Gasteiger partial charge in [0.15, 0.2) is 0 Å². The predicted molar refractivity (Wildman–Crippen MR) is 55.5 cm³/mol. The molecule has 0 amide bonds. The van der Waals surface area contributed by atoms with E-state index in [0.717, 1.165) is 0 Å². The highest BCUT2D eigenvalue weighted by Crippen LogP contribution is 2.46. The second-order valence-electron chi connectivity index (χ2n) is 3.03. The van der Waals surface area contributed by atoms with Crippen LogP contribution in [0.25, 0.3) is 0 Å². The highest BCUT2D eigenvalue weighted by atomic mass is 31.2. The summed E-state index contributed by atoms with van der Waals surface area (Å²) in [5, 5.41) is 0. The molecule has 0 aliphatic carbocycles. The van der Waals surface area contributed by atoms with Crippen molar-refractivity contribution in [1.29, 1.82) is 0 Å². The summed E-state index contributed by atoms with van der Waals surface area (Å²) >= 11 is 0. The number of hydrogen-bond acceptors (Lipinski definition) is 4. The van der Waals surface area contributed by atoms with Crippen molar-refractivity contribution >= 4 is 13.4 Å². The van der Waals surface area contributed by atoms with Crippen molar-refractivity contribution in [3.05, 3.63) is 12.7 Å². The molecule has 0 spiro atoms. The Bertz CT molecular complexity index is 241. The van der Waals surface area contributed by atoms with Gasteiger partial charge in [-0.05, 0) is 6.42 Å². The summed E-state index contributed by atoms with van der Waals surface area (Å²) in [4.78, 5) is 11.5. The molecule has 0 aromatic carbocycles. The zero-order valence-corrected chi connectivity index (χ0v) is 9.75. The molecule has 14 heavy (non-hydrogen) atoms. The van der Waals surface area contributed by atoms with Crippen LogP contribution in [-0.4, -0.2) is 26.2 Å². The van der Waals surface area contributed by atoms with Crippen LogP contribution < -0.4 is 0 Å². The third-order valence-electron chi connectivity index (χ3n) is 1.98. The summed E-state index contributed by atoms with van der Waals surface area (Å²) in [5.74, 6) is -0.317. The zero-order chi connectivity index (χ0) is 11.2. The molecule has 1 atom stereocenters. The lowest BCUT2D eigenvalue weighted by molar-refractivity contribution is -0.120.